The molecule has 2 aromatic rings. The molecule has 0 radical (unpaired) electrons. The van der Waals surface area contributed by atoms with Gasteiger partial charge in [-0.2, -0.15) is 0 Å². The van der Waals surface area contributed by atoms with Crippen molar-refractivity contribution >= 4 is 16.8 Å². The van der Waals surface area contributed by atoms with E-state index in [0.717, 1.165) is 0 Å². The third-order valence-corrected chi connectivity index (χ3v) is 2.01. The molecule has 0 spiro atoms. The second-order valence-electron chi connectivity index (χ2n) is 2.87. The Morgan fingerprint density at radius 2 is 2.13 bits per heavy atom. The fourth-order valence-corrected chi connectivity index (χ4v) is 1.38. The smallest absolute Gasteiger partial charge is 0.249 e. The highest BCUT2D eigenvalue weighted by molar-refractivity contribution is 6.06. The molecule has 5 nitrogen and oxygen atoms in total. The van der Waals surface area contributed by atoms with E-state index in [2.05, 4.69) is 15.0 Å². The number of para-hydroxylation sites is 1. The molecule has 1 aromatic heterocycles. The van der Waals surface area contributed by atoms with Gasteiger partial charge in [-0.25, -0.2) is 0 Å². The molecule has 5 heteroatoms. The summed E-state index contributed by atoms with van der Waals surface area (Å²) in [5.41, 5.74) is 9.27. The van der Waals surface area contributed by atoms with Crippen LogP contribution in [0.4, 0.5) is 0 Å². The fourth-order valence-electron chi connectivity index (χ4n) is 1.38. The van der Waals surface area contributed by atoms with Gasteiger partial charge in [-0.05, 0) is 22.8 Å². The van der Waals surface area contributed by atoms with E-state index in [4.69, 9.17) is 5.53 Å². The maximum atomic E-state index is 11.4. The van der Waals surface area contributed by atoms with Crippen molar-refractivity contribution in [1.29, 1.82) is 0 Å². The van der Waals surface area contributed by atoms with E-state index in [-0.39, 0.29) is 0 Å². The van der Waals surface area contributed by atoms with Crippen LogP contribution in [0.3, 0.4) is 0 Å². The molecule has 72 valence electrons. The van der Waals surface area contributed by atoms with E-state index in [0.29, 0.717) is 16.5 Å². The zero-order chi connectivity index (χ0) is 10.7. The fraction of sp³-hybridized carbons (Fsp3) is 0. The molecule has 0 atom stereocenters. The SMILES string of the molecule is [N-]=[N+]=NC(=O)c1ccnc2ccccc12. The summed E-state index contributed by atoms with van der Waals surface area (Å²) in [6.45, 7) is 0. The van der Waals surface area contributed by atoms with Crippen molar-refractivity contribution in [1.82, 2.24) is 4.98 Å². The van der Waals surface area contributed by atoms with Crippen molar-refractivity contribution in [3.8, 4) is 0 Å². The van der Waals surface area contributed by atoms with Crippen molar-refractivity contribution < 1.29 is 4.79 Å². The summed E-state index contributed by atoms with van der Waals surface area (Å²) in [6, 6.07) is 8.73. The Bertz CT molecular complexity index is 567. The maximum Gasteiger partial charge on any atom is 0.249 e. The number of hydrogen-bond donors (Lipinski definition) is 0. The number of aromatic nitrogens is 1. The van der Waals surface area contributed by atoms with Crippen molar-refractivity contribution in [2.45, 2.75) is 0 Å². The Kier molecular flexibility index (Phi) is 2.31. The summed E-state index contributed by atoms with van der Waals surface area (Å²) in [6.07, 6.45) is 1.52. The minimum atomic E-state index is -0.587. The normalized spacial score (nSPS) is 9.60. The predicted octanol–water partition coefficient (Wildman–Crippen LogP) is 2.69. The van der Waals surface area contributed by atoms with Gasteiger partial charge >= 0.3 is 0 Å². The van der Waals surface area contributed by atoms with Crippen LogP contribution in [0.25, 0.3) is 21.3 Å². The second-order valence-corrected chi connectivity index (χ2v) is 2.87. The average molecular weight is 198 g/mol. The quantitative estimate of drug-likeness (QED) is 0.401. The second kappa shape index (κ2) is 3.77. The van der Waals surface area contributed by atoms with Gasteiger partial charge < -0.3 is 0 Å². The topological polar surface area (TPSA) is 78.7 Å². The first kappa shape index (κ1) is 9.18. The first-order chi connectivity index (χ1) is 7.33. The largest absolute Gasteiger partial charge is 0.287 e. The summed E-state index contributed by atoms with van der Waals surface area (Å²) in [5.74, 6) is -0.587. The van der Waals surface area contributed by atoms with Crippen molar-refractivity contribution in [2.75, 3.05) is 0 Å². The molecule has 0 aliphatic rings. The van der Waals surface area contributed by atoms with E-state index >= 15 is 0 Å². The van der Waals surface area contributed by atoms with Gasteiger partial charge in [0.05, 0.1) is 5.52 Å². The van der Waals surface area contributed by atoms with Crippen LogP contribution in [0, 0.1) is 0 Å². The maximum absolute atomic E-state index is 11.4. The minimum absolute atomic E-state index is 0.374. The monoisotopic (exact) mass is 198 g/mol. The first-order valence-corrected chi connectivity index (χ1v) is 4.26. The molecule has 0 aliphatic heterocycles. The third-order valence-electron chi connectivity index (χ3n) is 2.01. The number of azide groups is 1. The lowest BCUT2D eigenvalue weighted by Gasteiger charge is -2.00. The van der Waals surface area contributed by atoms with Gasteiger partial charge in [-0.1, -0.05) is 18.2 Å². The molecule has 2 rings (SSSR count). The van der Waals surface area contributed by atoms with E-state index < -0.39 is 5.91 Å². The molecular formula is C10H6N4O. The number of nitrogens with zero attached hydrogens (tertiary/aromatic N) is 4. The molecule has 0 saturated carbocycles. The Hall–Kier alpha value is -2.39. The molecule has 0 fully saturated rings. The Balaban J connectivity index is 2.71. The lowest BCUT2D eigenvalue weighted by molar-refractivity contribution is 0.100. The molecule has 0 unspecified atom stereocenters. The van der Waals surface area contributed by atoms with Crippen LogP contribution in [0.5, 0.6) is 0 Å². The summed E-state index contributed by atoms with van der Waals surface area (Å²) in [4.78, 5) is 18.0. The number of amides is 1. The number of rotatable bonds is 1. The van der Waals surface area contributed by atoms with Crippen LogP contribution >= 0.6 is 0 Å². The molecule has 1 heterocycles. The Morgan fingerprint density at radius 3 is 2.93 bits per heavy atom. The van der Waals surface area contributed by atoms with Gasteiger partial charge in [0.1, 0.15) is 0 Å². The zero-order valence-electron chi connectivity index (χ0n) is 7.66. The molecule has 15 heavy (non-hydrogen) atoms. The Labute approximate surface area is 85.0 Å². The predicted molar refractivity (Wildman–Crippen MR) is 55.2 cm³/mol. The molecule has 0 N–H and O–H groups in total. The highest BCUT2D eigenvalue weighted by atomic mass is 16.1. The Morgan fingerprint density at radius 1 is 1.33 bits per heavy atom. The van der Waals surface area contributed by atoms with Crippen LogP contribution < -0.4 is 0 Å². The number of fused-ring (bicyclic) bond motifs is 1. The minimum Gasteiger partial charge on any atom is -0.287 e. The summed E-state index contributed by atoms with van der Waals surface area (Å²) in [7, 11) is 0. The summed E-state index contributed by atoms with van der Waals surface area (Å²) in [5, 5.41) is 3.75. The number of carbonyl (C=O) groups excluding carboxylic acids is 1. The average Bonchev–Trinajstić information content (AvgIpc) is 2.28. The van der Waals surface area contributed by atoms with Crippen molar-refractivity contribution in [3.05, 3.63) is 52.5 Å². The molecule has 0 bridgehead atoms. The third kappa shape index (κ3) is 1.63. The van der Waals surface area contributed by atoms with E-state index in [1.165, 1.54) is 6.20 Å². The van der Waals surface area contributed by atoms with Crippen LogP contribution in [-0.4, -0.2) is 10.9 Å². The van der Waals surface area contributed by atoms with Crippen molar-refractivity contribution in [2.24, 2.45) is 5.11 Å². The zero-order valence-corrected chi connectivity index (χ0v) is 7.66. The van der Waals surface area contributed by atoms with Crippen LogP contribution in [-0.2, 0) is 0 Å². The van der Waals surface area contributed by atoms with Gasteiger partial charge in [0, 0.05) is 22.1 Å². The van der Waals surface area contributed by atoms with Crippen LogP contribution in [0.15, 0.2) is 41.6 Å². The number of hydrogen-bond acceptors (Lipinski definition) is 2. The highest BCUT2D eigenvalue weighted by Crippen LogP contribution is 2.16. The summed E-state index contributed by atoms with van der Waals surface area (Å²) >= 11 is 0. The van der Waals surface area contributed by atoms with Gasteiger partial charge in [0.25, 0.3) is 0 Å². The number of pyridine rings is 1. The lowest BCUT2D eigenvalue weighted by atomic mass is 10.1. The highest BCUT2D eigenvalue weighted by Gasteiger charge is 2.07. The standard InChI is InChI=1S/C10H6N4O/c11-14-13-10(15)8-5-6-12-9-4-2-1-3-7(8)9/h1-6H. The number of carbonyl (C=O) groups is 1. The first-order valence-electron chi connectivity index (χ1n) is 4.26. The van der Waals surface area contributed by atoms with Gasteiger partial charge in [0.15, 0.2) is 0 Å². The molecule has 0 saturated heterocycles. The molecule has 0 aliphatic carbocycles. The number of benzene rings is 1. The van der Waals surface area contributed by atoms with Gasteiger partial charge in [-0.15, -0.1) is 0 Å². The molecule has 1 amide bonds. The van der Waals surface area contributed by atoms with E-state index in [9.17, 15) is 4.79 Å². The van der Waals surface area contributed by atoms with E-state index in [1.807, 2.05) is 6.07 Å². The lowest BCUT2D eigenvalue weighted by Crippen LogP contribution is -1.95. The molecular weight excluding hydrogens is 192 g/mol. The van der Waals surface area contributed by atoms with Crippen LogP contribution in [0.2, 0.25) is 0 Å². The summed E-state index contributed by atoms with van der Waals surface area (Å²) < 4.78 is 0. The molecule has 1 aromatic carbocycles. The van der Waals surface area contributed by atoms with Gasteiger partial charge in [0.2, 0.25) is 5.91 Å². The van der Waals surface area contributed by atoms with Crippen LogP contribution in [0.1, 0.15) is 10.4 Å². The van der Waals surface area contributed by atoms with Gasteiger partial charge in [-0.3, -0.25) is 9.78 Å². The van der Waals surface area contributed by atoms with E-state index in [1.54, 1.807) is 24.3 Å². The van der Waals surface area contributed by atoms with Crippen molar-refractivity contribution in [3.63, 3.8) is 0 Å².